The number of ether oxygens (including phenoxy) is 1. The van der Waals surface area contributed by atoms with Gasteiger partial charge in [-0.2, -0.15) is 13.9 Å². The number of hydrogen-bond donors (Lipinski definition) is 2. The molecule has 1 saturated heterocycles. The minimum atomic E-state index is -2.82. The van der Waals surface area contributed by atoms with E-state index in [1.165, 1.54) is 10.7 Å². The number of nitrogens with one attached hydrogen (secondary N) is 2. The van der Waals surface area contributed by atoms with E-state index in [1.54, 1.807) is 18.5 Å². The Morgan fingerprint density at radius 2 is 2.19 bits per heavy atom. The predicted octanol–water partition coefficient (Wildman–Crippen LogP) is 0.591. The summed E-state index contributed by atoms with van der Waals surface area (Å²) in [6, 6.07) is 1.65. The molecule has 3 aromatic heterocycles. The van der Waals surface area contributed by atoms with Gasteiger partial charge in [-0.15, -0.1) is 0 Å². The van der Waals surface area contributed by atoms with Crippen molar-refractivity contribution in [1.29, 1.82) is 0 Å². The molecular formula is C15H14F2N6O3. The lowest BCUT2D eigenvalue weighted by Gasteiger charge is -2.20. The van der Waals surface area contributed by atoms with Crippen molar-refractivity contribution < 1.29 is 13.5 Å². The van der Waals surface area contributed by atoms with Gasteiger partial charge in [0.2, 0.25) is 0 Å². The predicted molar refractivity (Wildman–Crippen MR) is 87.4 cm³/mol. The topological polar surface area (TPSA) is 108 Å². The molecule has 9 nitrogen and oxygen atoms in total. The number of halogens is 2. The van der Waals surface area contributed by atoms with E-state index in [1.807, 2.05) is 4.90 Å². The molecular weight excluding hydrogens is 350 g/mol. The first-order chi connectivity index (χ1) is 12.5. The van der Waals surface area contributed by atoms with Crippen LogP contribution in [0.3, 0.4) is 0 Å². The van der Waals surface area contributed by atoms with E-state index in [0.29, 0.717) is 30.0 Å². The molecule has 0 radical (unpaired) electrons. The van der Waals surface area contributed by atoms with Crippen LogP contribution >= 0.6 is 0 Å². The number of H-pyrrole nitrogens is 2. The van der Waals surface area contributed by atoms with Crippen molar-refractivity contribution in [2.24, 2.45) is 0 Å². The third-order valence-corrected chi connectivity index (χ3v) is 4.22. The number of aromatic amines is 2. The summed E-state index contributed by atoms with van der Waals surface area (Å²) in [5, 5.41) is 4.33. The first-order valence-corrected chi connectivity index (χ1v) is 7.86. The summed E-state index contributed by atoms with van der Waals surface area (Å²) in [6.07, 6.45) is 4.32. The lowest BCUT2D eigenvalue weighted by Crippen LogP contribution is -2.25. The Hall–Kier alpha value is -3.08. The maximum Gasteiger partial charge on any atom is 0.345 e. The van der Waals surface area contributed by atoms with Gasteiger partial charge in [-0.05, 0) is 12.5 Å². The molecule has 0 amide bonds. The van der Waals surface area contributed by atoms with E-state index in [-0.39, 0.29) is 12.1 Å². The lowest BCUT2D eigenvalue weighted by atomic mass is 10.2. The maximum absolute atomic E-state index is 12.4. The zero-order chi connectivity index (χ0) is 18.3. The van der Waals surface area contributed by atoms with Crippen LogP contribution in [0.2, 0.25) is 0 Å². The van der Waals surface area contributed by atoms with Gasteiger partial charge in [-0.1, -0.05) is 0 Å². The number of hydrogen-bond acceptors (Lipinski definition) is 6. The van der Waals surface area contributed by atoms with Crippen molar-refractivity contribution in [3.63, 3.8) is 0 Å². The van der Waals surface area contributed by atoms with E-state index in [9.17, 15) is 18.4 Å². The van der Waals surface area contributed by atoms with Gasteiger partial charge in [0.15, 0.2) is 5.65 Å². The zero-order valence-corrected chi connectivity index (χ0v) is 13.4. The highest BCUT2D eigenvalue weighted by Crippen LogP contribution is 2.28. The Kier molecular flexibility index (Phi) is 3.99. The molecule has 4 rings (SSSR count). The standard InChI is InChI=1S/C15H14F2N6O3/c16-14(17)26-8-1-3-22(7-8)11-5-10(21-23-4-2-18-12(11)23)9-6-19-15(25)20-13(9)24/h2,4-6,8,14H,1,3,7H2,(H2,19,20,24,25)/t8-/m0/s1. The first kappa shape index (κ1) is 16.4. The third kappa shape index (κ3) is 2.96. The van der Waals surface area contributed by atoms with Crippen LogP contribution in [0.15, 0.2) is 34.2 Å². The third-order valence-electron chi connectivity index (χ3n) is 4.22. The van der Waals surface area contributed by atoms with Crippen LogP contribution in [-0.4, -0.2) is 50.4 Å². The molecule has 2 N–H and O–H groups in total. The Morgan fingerprint density at radius 3 is 2.96 bits per heavy atom. The van der Waals surface area contributed by atoms with Crippen LogP contribution in [0.5, 0.6) is 0 Å². The number of fused-ring (bicyclic) bond motifs is 1. The molecule has 4 heterocycles. The van der Waals surface area contributed by atoms with Gasteiger partial charge in [0.1, 0.15) is 5.69 Å². The molecule has 1 aliphatic rings. The molecule has 136 valence electrons. The number of imidazole rings is 1. The number of nitrogens with zero attached hydrogens (tertiary/aromatic N) is 4. The Labute approximate surface area is 144 Å². The molecule has 26 heavy (non-hydrogen) atoms. The van der Waals surface area contributed by atoms with Crippen molar-refractivity contribution in [3.8, 4) is 11.3 Å². The summed E-state index contributed by atoms with van der Waals surface area (Å²) in [5.41, 5.74) is 0.488. The Balaban J connectivity index is 1.76. The van der Waals surface area contributed by atoms with Crippen molar-refractivity contribution >= 4 is 11.3 Å². The molecule has 1 fully saturated rings. The van der Waals surface area contributed by atoms with Gasteiger partial charge in [-0.25, -0.2) is 14.3 Å². The molecule has 0 spiro atoms. The van der Waals surface area contributed by atoms with E-state index in [0.717, 1.165) is 0 Å². The minimum absolute atomic E-state index is 0.182. The second kappa shape index (κ2) is 6.33. The molecule has 0 bridgehead atoms. The summed E-state index contributed by atoms with van der Waals surface area (Å²) >= 11 is 0. The van der Waals surface area contributed by atoms with E-state index >= 15 is 0 Å². The second-order valence-corrected chi connectivity index (χ2v) is 5.85. The maximum atomic E-state index is 12.4. The van der Waals surface area contributed by atoms with Gasteiger partial charge in [0.25, 0.3) is 5.56 Å². The van der Waals surface area contributed by atoms with E-state index in [2.05, 4.69) is 24.8 Å². The van der Waals surface area contributed by atoms with E-state index < -0.39 is 24.0 Å². The first-order valence-electron chi connectivity index (χ1n) is 7.86. The fraction of sp³-hybridized carbons (Fsp3) is 0.333. The summed E-state index contributed by atoms with van der Waals surface area (Å²) in [6.45, 7) is -2.04. The fourth-order valence-corrected chi connectivity index (χ4v) is 3.07. The number of alkyl halides is 2. The summed E-state index contributed by atoms with van der Waals surface area (Å²) < 4.78 is 31.0. The number of rotatable bonds is 4. The van der Waals surface area contributed by atoms with Gasteiger partial charge >= 0.3 is 12.3 Å². The monoisotopic (exact) mass is 364 g/mol. The smallest absolute Gasteiger partial charge is 0.345 e. The largest absolute Gasteiger partial charge is 0.366 e. The Bertz CT molecular complexity index is 1060. The minimum Gasteiger partial charge on any atom is -0.366 e. The van der Waals surface area contributed by atoms with Crippen LogP contribution in [0, 0.1) is 0 Å². The summed E-state index contributed by atoms with van der Waals surface area (Å²) in [7, 11) is 0. The van der Waals surface area contributed by atoms with Crippen LogP contribution in [-0.2, 0) is 4.74 Å². The van der Waals surface area contributed by atoms with Crippen molar-refractivity contribution in [2.45, 2.75) is 19.1 Å². The fourth-order valence-electron chi connectivity index (χ4n) is 3.07. The second-order valence-electron chi connectivity index (χ2n) is 5.85. The highest BCUT2D eigenvalue weighted by molar-refractivity contribution is 5.74. The van der Waals surface area contributed by atoms with E-state index in [4.69, 9.17) is 0 Å². The molecule has 3 aromatic rings. The van der Waals surface area contributed by atoms with Crippen molar-refractivity contribution in [3.05, 3.63) is 45.5 Å². The van der Waals surface area contributed by atoms with Crippen LogP contribution < -0.4 is 16.1 Å². The molecule has 1 aliphatic heterocycles. The lowest BCUT2D eigenvalue weighted by molar-refractivity contribution is -0.156. The average Bonchev–Trinajstić information content (AvgIpc) is 3.22. The average molecular weight is 364 g/mol. The molecule has 0 unspecified atom stereocenters. The quantitative estimate of drug-likeness (QED) is 0.702. The van der Waals surface area contributed by atoms with Crippen molar-refractivity contribution in [1.82, 2.24) is 24.6 Å². The molecule has 0 saturated carbocycles. The normalized spacial score (nSPS) is 17.5. The van der Waals surface area contributed by atoms with Crippen LogP contribution in [0.25, 0.3) is 16.9 Å². The van der Waals surface area contributed by atoms with Crippen LogP contribution in [0.1, 0.15) is 6.42 Å². The highest BCUT2D eigenvalue weighted by Gasteiger charge is 2.28. The van der Waals surface area contributed by atoms with Gasteiger partial charge < -0.3 is 14.6 Å². The summed E-state index contributed by atoms with van der Waals surface area (Å²) in [5.74, 6) is 0. The van der Waals surface area contributed by atoms with Crippen molar-refractivity contribution in [2.75, 3.05) is 18.0 Å². The SMILES string of the molecule is O=c1[nH]cc(-c2cc(N3CC[C@H](OC(F)F)C3)c3nccn3n2)c(=O)[nH]1. The van der Waals surface area contributed by atoms with Gasteiger partial charge in [0, 0.05) is 31.7 Å². The summed E-state index contributed by atoms with van der Waals surface area (Å²) in [4.78, 5) is 33.9. The zero-order valence-electron chi connectivity index (χ0n) is 13.4. The molecule has 0 aromatic carbocycles. The van der Waals surface area contributed by atoms with Gasteiger partial charge in [0.05, 0.1) is 17.4 Å². The Morgan fingerprint density at radius 1 is 1.35 bits per heavy atom. The van der Waals surface area contributed by atoms with Gasteiger partial charge in [-0.3, -0.25) is 9.78 Å². The number of aromatic nitrogens is 5. The highest BCUT2D eigenvalue weighted by atomic mass is 19.3. The molecule has 1 atom stereocenters. The van der Waals surface area contributed by atoms with Crippen LogP contribution in [0.4, 0.5) is 14.5 Å². The number of anilines is 1. The molecule has 11 heteroatoms. The molecule has 0 aliphatic carbocycles.